The van der Waals surface area contributed by atoms with Crippen LogP contribution in [0.15, 0.2) is 23.6 Å². The van der Waals surface area contributed by atoms with Crippen LogP contribution in [0.2, 0.25) is 0 Å². The average Bonchev–Trinajstić information content (AvgIpc) is 3.22. The Kier molecular flexibility index (Phi) is 4.61. The molecule has 1 aromatic heterocycles. The van der Waals surface area contributed by atoms with Crippen molar-refractivity contribution in [3.05, 3.63) is 45.4 Å². The van der Waals surface area contributed by atoms with Crippen LogP contribution in [0.4, 0.5) is 5.69 Å². The molecule has 5 heteroatoms. The van der Waals surface area contributed by atoms with Crippen molar-refractivity contribution in [1.29, 1.82) is 0 Å². The topological polar surface area (TPSA) is 36.4 Å². The van der Waals surface area contributed by atoms with Gasteiger partial charge < -0.3 is 4.90 Å². The Morgan fingerprint density at radius 1 is 1.24 bits per heavy atom. The molecule has 1 fully saturated rings. The Labute approximate surface area is 153 Å². The molecule has 2 aromatic rings. The van der Waals surface area contributed by atoms with Crippen LogP contribution in [0, 0.1) is 19.8 Å². The normalized spacial score (nSPS) is 18.6. The highest BCUT2D eigenvalue weighted by atomic mass is 32.1. The van der Waals surface area contributed by atoms with Gasteiger partial charge >= 0.3 is 0 Å². The highest BCUT2D eigenvalue weighted by Crippen LogP contribution is 2.33. The Morgan fingerprint density at radius 3 is 2.76 bits per heavy atom. The minimum atomic E-state index is 0.167. The lowest BCUT2D eigenvalue weighted by Gasteiger charge is -2.33. The van der Waals surface area contributed by atoms with E-state index in [1.54, 1.807) is 11.3 Å². The van der Waals surface area contributed by atoms with E-state index in [9.17, 15) is 4.79 Å². The van der Waals surface area contributed by atoms with Gasteiger partial charge in [-0.1, -0.05) is 12.1 Å². The van der Waals surface area contributed by atoms with Crippen molar-refractivity contribution in [2.24, 2.45) is 5.92 Å². The summed E-state index contributed by atoms with van der Waals surface area (Å²) in [4.78, 5) is 22.1. The summed E-state index contributed by atoms with van der Waals surface area (Å²) in [6.45, 7) is 7.93. The second kappa shape index (κ2) is 6.89. The van der Waals surface area contributed by atoms with Crippen molar-refractivity contribution in [2.75, 3.05) is 24.5 Å². The van der Waals surface area contributed by atoms with E-state index in [0.717, 1.165) is 61.8 Å². The zero-order chi connectivity index (χ0) is 17.4. The molecule has 2 aliphatic heterocycles. The lowest BCUT2D eigenvalue weighted by molar-refractivity contribution is -0.123. The average molecular weight is 356 g/mol. The molecule has 4 rings (SSSR count). The number of aromatic nitrogens is 1. The summed E-state index contributed by atoms with van der Waals surface area (Å²) in [7, 11) is 0. The van der Waals surface area contributed by atoms with Crippen LogP contribution in [-0.2, 0) is 17.8 Å². The van der Waals surface area contributed by atoms with Gasteiger partial charge in [0.2, 0.25) is 5.91 Å². The first-order valence-electron chi connectivity index (χ1n) is 9.15. The molecular weight excluding hydrogens is 330 g/mol. The van der Waals surface area contributed by atoms with E-state index in [4.69, 9.17) is 0 Å². The number of piperidine rings is 1. The fourth-order valence-corrected chi connectivity index (χ4v) is 4.71. The molecule has 0 N–H and O–H groups in total. The van der Waals surface area contributed by atoms with E-state index in [-0.39, 0.29) is 5.92 Å². The van der Waals surface area contributed by atoms with Crippen molar-refractivity contribution in [3.8, 4) is 0 Å². The van der Waals surface area contributed by atoms with Gasteiger partial charge in [0.05, 0.1) is 10.7 Å². The molecule has 2 aliphatic rings. The monoisotopic (exact) mass is 355 g/mol. The van der Waals surface area contributed by atoms with Crippen LogP contribution in [0.5, 0.6) is 0 Å². The van der Waals surface area contributed by atoms with E-state index >= 15 is 0 Å². The first kappa shape index (κ1) is 16.7. The molecule has 132 valence electrons. The summed E-state index contributed by atoms with van der Waals surface area (Å²) in [5.74, 6) is 0.494. The summed E-state index contributed by atoms with van der Waals surface area (Å²) < 4.78 is 0. The van der Waals surface area contributed by atoms with Crippen molar-refractivity contribution >= 4 is 22.9 Å². The number of benzene rings is 1. The number of nitrogens with zero attached hydrogens (tertiary/aromatic N) is 3. The standard InChI is InChI=1S/C20H25N3OS/c1-14-4-3-5-19-18(14)8-11-23(19)20(24)16-6-9-22(10-7-16)12-17-13-25-15(2)21-17/h3-5,13,16H,6-12H2,1-2H3. The lowest BCUT2D eigenvalue weighted by Crippen LogP contribution is -2.42. The number of rotatable bonds is 3. The first-order valence-corrected chi connectivity index (χ1v) is 10.0. The molecule has 25 heavy (non-hydrogen) atoms. The van der Waals surface area contributed by atoms with E-state index in [1.807, 2.05) is 4.90 Å². The van der Waals surface area contributed by atoms with Crippen molar-refractivity contribution in [2.45, 2.75) is 39.7 Å². The highest BCUT2D eigenvalue weighted by Gasteiger charge is 2.32. The summed E-state index contributed by atoms with van der Waals surface area (Å²) in [6.07, 6.45) is 2.91. The maximum Gasteiger partial charge on any atom is 0.230 e. The quantitative estimate of drug-likeness (QED) is 0.845. The summed E-state index contributed by atoms with van der Waals surface area (Å²) in [5.41, 5.74) is 4.97. The van der Waals surface area contributed by atoms with Gasteiger partial charge in [-0.3, -0.25) is 9.69 Å². The number of anilines is 1. The third-order valence-corrected chi connectivity index (χ3v) is 6.34. The molecule has 0 atom stereocenters. The summed E-state index contributed by atoms with van der Waals surface area (Å²) >= 11 is 1.71. The van der Waals surface area contributed by atoms with Crippen LogP contribution in [0.25, 0.3) is 0 Å². The van der Waals surface area contributed by atoms with Gasteiger partial charge in [0.15, 0.2) is 0 Å². The van der Waals surface area contributed by atoms with Crippen LogP contribution in [0.3, 0.4) is 0 Å². The smallest absolute Gasteiger partial charge is 0.230 e. The fourth-order valence-electron chi connectivity index (χ4n) is 4.11. The largest absolute Gasteiger partial charge is 0.312 e. The molecule has 0 aliphatic carbocycles. The van der Waals surface area contributed by atoms with Crippen molar-refractivity contribution in [1.82, 2.24) is 9.88 Å². The predicted octanol–water partition coefficient (Wildman–Crippen LogP) is 3.56. The Hall–Kier alpha value is -1.72. The lowest BCUT2D eigenvalue weighted by atomic mass is 9.95. The van der Waals surface area contributed by atoms with E-state index in [1.165, 1.54) is 11.1 Å². The van der Waals surface area contributed by atoms with Gasteiger partial charge in [0.1, 0.15) is 0 Å². The van der Waals surface area contributed by atoms with Gasteiger partial charge in [-0.05, 0) is 63.4 Å². The molecule has 0 spiro atoms. The summed E-state index contributed by atoms with van der Waals surface area (Å²) in [5, 5.41) is 3.28. The number of fused-ring (bicyclic) bond motifs is 1. The Balaban J connectivity index is 1.37. The molecule has 3 heterocycles. The number of hydrogen-bond donors (Lipinski definition) is 0. The van der Waals surface area contributed by atoms with Crippen LogP contribution >= 0.6 is 11.3 Å². The molecule has 1 aromatic carbocycles. The zero-order valence-corrected chi connectivity index (χ0v) is 15.8. The molecule has 0 bridgehead atoms. The first-order chi connectivity index (χ1) is 12.1. The number of thiazole rings is 1. The number of carbonyl (C=O) groups is 1. The van der Waals surface area contributed by atoms with E-state index in [2.05, 4.69) is 47.3 Å². The third-order valence-electron chi connectivity index (χ3n) is 5.52. The predicted molar refractivity (Wildman–Crippen MR) is 102 cm³/mol. The second-order valence-electron chi connectivity index (χ2n) is 7.22. The number of aryl methyl sites for hydroxylation is 2. The third kappa shape index (κ3) is 3.35. The van der Waals surface area contributed by atoms with Crippen LogP contribution in [0.1, 0.15) is 34.7 Å². The van der Waals surface area contributed by atoms with Crippen molar-refractivity contribution < 1.29 is 4.79 Å². The Morgan fingerprint density at radius 2 is 2.04 bits per heavy atom. The maximum atomic E-state index is 13.0. The molecule has 1 amide bonds. The SMILES string of the molecule is Cc1nc(CN2CCC(C(=O)N3CCc4c(C)cccc43)CC2)cs1. The van der Waals surface area contributed by atoms with Crippen LogP contribution < -0.4 is 4.90 Å². The number of likely N-dealkylation sites (tertiary alicyclic amines) is 1. The molecule has 1 saturated heterocycles. The van der Waals surface area contributed by atoms with Crippen LogP contribution in [-0.4, -0.2) is 35.4 Å². The second-order valence-corrected chi connectivity index (χ2v) is 8.28. The van der Waals surface area contributed by atoms with Gasteiger partial charge in [-0.2, -0.15) is 0 Å². The molecule has 0 unspecified atom stereocenters. The Bertz CT molecular complexity index is 777. The van der Waals surface area contributed by atoms with Gasteiger partial charge in [0.25, 0.3) is 0 Å². The molecule has 0 radical (unpaired) electrons. The molecule has 4 nitrogen and oxygen atoms in total. The van der Waals surface area contributed by atoms with Crippen molar-refractivity contribution in [3.63, 3.8) is 0 Å². The highest BCUT2D eigenvalue weighted by molar-refractivity contribution is 7.09. The number of amides is 1. The minimum absolute atomic E-state index is 0.167. The molecule has 0 saturated carbocycles. The number of hydrogen-bond acceptors (Lipinski definition) is 4. The van der Waals surface area contributed by atoms with Gasteiger partial charge in [-0.25, -0.2) is 4.98 Å². The fraction of sp³-hybridized carbons (Fsp3) is 0.500. The molecular formula is C20H25N3OS. The zero-order valence-electron chi connectivity index (χ0n) is 15.0. The number of carbonyl (C=O) groups excluding carboxylic acids is 1. The summed E-state index contributed by atoms with van der Waals surface area (Å²) in [6, 6.07) is 6.32. The minimum Gasteiger partial charge on any atom is -0.312 e. The van der Waals surface area contributed by atoms with E-state index < -0.39 is 0 Å². The van der Waals surface area contributed by atoms with Gasteiger partial charge in [-0.15, -0.1) is 11.3 Å². The maximum absolute atomic E-state index is 13.0. The van der Waals surface area contributed by atoms with E-state index in [0.29, 0.717) is 5.91 Å². The van der Waals surface area contributed by atoms with Gasteiger partial charge in [0, 0.05) is 30.1 Å².